The molecule has 1 aromatic heterocycles. The maximum absolute atomic E-state index is 5.74. The minimum Gasteiger partial charge on any atom is -0.497 e. The Kier molecular flexibility index (Phi) is 4.87. The molecule has 7 heteroatoms. The molecule has 0 unspecified atom stereocenters. The fourth-order valence-corrected chi connectivity index (χ4v) is 3.90. The molecule has 96 valence electrons. The summed E-state index contributed by atoms with van der Waals surface area (Å²) in [7, 11) is 1.66. The first-order valence-corrected chi connectivity index (χ1v) is 8.05. The summed E-state index contributed by atoms with van der Waals surface area (Å²) in [5.41, 5.74) is 6.82. The SMILES string of the molecule is COc1ccc(CN)c(Sc2nnc(SC)s2)c1. The monoisotopic (exact) mass is 299 g/mol. The molecule has 0 aliphatic rings. The Labute approximate surface area is 118 Å². The van der Waals surface area contributed by atoms with Crippen LogP contribution in [-0.2, 0) is 6.54 Å². The molecule has 2 rings (SSSR count). The van der Waals surface area contributed by atoms with Crippen molar-refractivity contribution in [3.05, 3.63) is 23.8 Å². The molecule has 0 spiro atoms. The van der Waals surface area contributed by atoms with E-state index in [1.807, 2.05) is 24.5 Å². The van der Waals surface area contributed by atoms with Crippen LogP contribution in [0.15, 0.2) is 31.8 Å². The molecule has 0 atom stereocenters. The van der Waals surface area contributed by atoms with E-state index in [-0.39, 0.29) is 0 Å². The molecule has 1 heterocycles. The number of methoxy groups -OCH3 is 1. The van der Waals surface area contributed by atoms with E-state index in [1.165, 1.54) is 0 Å². The fraction of sp³-hybridized carbons (Fsp3) is 0.273. The van der Waals surface area contributed by atoms with Crippen LogP contribution in [-0.4, -0.2) is 23.6 Å². The van der Waals surface area contributed by atoms with Gasteiger partial charge < -0.3 is 10.5 Å². The molecule has 2 aromatic rings. The van der Waals surface area contributed by atoms with Gasteiger partial charge in [-0.2, -0.15) is 0 Å². The summed E-state index contributed by atoms with van der Waals surface area (Å²) >= 11 is 4.76. The quantitative estimate of drug-likeness (QED) is 0.857. The van der Waals surface area contributed by atoms with Gasteiger partial charge in [-0.15, -0.1) is 10.2 Å². The summed E-state index contributed by atoms with van der Waals surface area (Å²) in [6.45, 7) is 0.501. The summed E-state index contributed by atoms with van der Waals surface area (Å²) < 4.78 is 7.11. The number of nitrogens with zero attached hydrogens (tertiary/aromatic N) is 2. The van der Waals surface area contributed by atoms with Crippen molar-refractivity contribution >= 4 is 34.9 Å². The molecule has 0 saturated heterocycles. The lowest BCUT2D eigenvalue weighted by Crippen LogP contribution is -1.98. The highest BCUT2D eigenvalue weighted by Crippen LogP contribution is 2.36. The number of aromatic nitrogens is 2. The Balaban J connectivity index is 2.25. The molecule has 0 aliphatic heterocycles. The third-order valence-electron chi connectivity index (χ3n) is 2.25. The number of hydrogen-bond donors (Lipinski definition) is 1. The maximum Gasteiger partial charge on any atom is 0.179 e. The van der Waals surface area contributed by atoms with E-state index >= 15 is 0 Å². The topological polar surface area (TPSA) is 61.0 Å². The van der Waals surface area contributed by atoms with Crippen LogP contribution >= 0.6 is 34.9 Å². The number of hydrogen-bond acceptors (Lipinski definition) is 7. The number of benzene rings is 1. The van der Waals surface area contributed by atoms with Crippen molar-refractivity contribution in [3.8, 4) is 5.75 Å². The summed E-state index contributed by atoms with van der Waals surface area (Å²) in [6, 6.07) is 5.88. The second kappa shape index (κ2) is 6.42. The summed E-state index contributed by atoms with van der Waals surface area (Å²) in [5.74, 6) is 0.823. The number of rotatable bonds is 5. The number of ether oxygens (including phenoxy) is 1. The molecule has 0 saturated carbocycles. The van der Waals surface area contributed by atoms with Crippen molar-refractivity contribution < 1.29 is 4.74 Å². The first kappa shape index (κ1) is 13.7. The maximum atomic E-state index is 5.74. The van der Waals surface area contributed by atoms with Gasteiger partial charge in [0.2, 0.25) is 0 Å². The van der Waals surface area contributed by atoms with Gasteiger partial charge in [-0.1, -0.05) is 40.9 Å². The van der Waals surface area contributed by atoms with Crippen LogP contribution < -0.4 is 10.5 Å². The molecule has 0 radical (unpaired) electrons. The molecule has 18 heavy (non-hydrogen) atoms. The van der Waals surface area contributed by atoms with Crippen molar-refractivity contribution in [1.82, 2.24) is 10.2 Å². The zero-order chi connectivity index (χ0) is 13.0. The van der Waals surface area contributed by atoms with Gasteiger partial charge in [-0.05, 0) is 24.0 Å². The van der Waals surface area contributed by atoms with Crippen LogP contribution in [0.4, 0.5) is 0 Å². The molecule has 0 amide bonds. The molecule has 0 bridgehead atoms. The van der Waals surface area contributed by atoms with Crippen LogP contribution in [0.25, 0.3) is 0 Å². The van der Waals surface area contributed by atoms with Crippen molar-refractivity contribution in [3.63, 3.8) is 0 Å². The van der Waals surface area contributed by atoms with E-state index in [1.54, 1.807) is 42.0 Å². The first-order valence-electron chi connectivity index (χ1n) is 5.19. The van der Waals surface area contributed by atoms with Gasteiger partial charge in [0.15, 0.2) is 8.68 Å². The van der Waals surface area contributed by atoms with Gasteiger partial charge >= 0.3 is 0 Å². The van der Waals surface area contributed by atoms with Gasteiger partial charge in [0.1, 0.15) is 5.75 Å². The van der Waals surface area contributed by atoms with Gasteiger partial charge in [0, 0.05) is 11.4 Å². The van der Waals surface area contributed by atoms with Crippen molar-refractivity contribution in [2.75, 3.05) is 13.4 Å². The van der Waals surface area contributed by atoms with Crippen LogP contribution in [0.1, 0.15) is 5.56 Å². The van der Waals surface area contributed by atoms with E-state index in [9.17, 15) is 0 Å². The number of nitrogens with two attached hydrogens (primary N) is 1. The van der Waals surface area contributed by atoms with Crippen LogP contribution in [0.5, 0.6) is 5.75 Å². The smallest absolute Gasteiger partial charge is 0.179 e. The van der Waals surface area contributed by atoms with E-state index in [4.69, 9.17) is 10.5 Å². The van der Waals surface area contributed by atoms with Crippen LogP contribution in [0.2, 0.25) is 0 Å². The largest absolute Gasteiger partial charge is 0.497 e. The Hall–Kier alpha value is -0.760. The lowest BCUT2D eigenvalue weighted by Gasteiger charge is -2.07. The molecule has 4 nitrogen and oxygen atoms in total. The Morgan fingerprint density at radius 3 is 2.72 bits per heavy atom. The number of thioether (sulfide) groups is 1. The predicted molar refractivity (Wildman–Crippen MR) is 76.7 cm³/mol. The highest BCUT2D eigenvalue weighted by molar-refractivity contribution is 8.03. The van der Waals surface area contributed by atoms with E-state index < -0.39 is 0 Å². The molecule has 0 aliphatic carbocycles. The molecule has 1 aromatic carbocycles. The van der Waals surface area contributed by atoms with E-state index in [2.05, 4.69) is 10.2 Å². The lowest BCUT2D eigenvalue weighted by atomic mass is 10.2. The molecule has 0 fully saturated rings. The predicted octanol–water partition coefficient (Wildman–Crippen LogP) is 2.88. The normalized spacial score (nSPS) is 10.6. The Morgan fingerprint density at radius 1 is 1.33 bits per heavy atom. The van der Waals surface area contributed by atoms with Crippen LogP contribution in [0, 0.1) is 0 Å². The third kappa shape index (κ3) is 3.17. The zero-order valence-corrected chi connectivity index (χ0v) is 12.5. The van der Waals surface area contributed by atoms with E-state index in [0.29, 0.717) is 6.54 Å². The Morgan fingerprint density at radius 2 is 2.11 bits per heavy atom. The molecule has 2 N–H and O–H groups in total. The minimum atomic E-state index is 0.501. The fourth-order valence-electron chi connectivity index (χ4n) is 1.34. The second-order valence-electron chi connectivity index (χ2n) is 3.32. The van der Waals surface area contributed by atoms with Crippen molar-refractivity contribution in [2.45, 2.75) is 20.1 Å². The van der Waals surface area contributed by atoms with Crippen molar-refractivity contribution in [1.29, 1.82) is 0 Å². The zero-order valence-electron chi connectivity index (χ0n) is 10.0. The van der Waals surface area contributed by atoms with Gasteiger partial charge in [-0.3, -0.25) is 0 Å². The Bertz CT molecular complexity index is 530. The minimum absolute atomic E-state index is 0.501. The summed E-state index contributed by atoms with van der Waals surface area (Å²) in [6.07, 6.45) is 1.99. The second-order valence-corrected chi connectivity index (χ2v) is 6.64. The third-order valence-corrected chi connectivity index (χ3v) is 5.30. The van der Waals surface area contributed by atoms with Gasteiger partial charge in [-0.25, -0.2) is 0 Å². The molecular weight excluding hydrogens is 286 g/mol. The van der Waals surface area contributed by atoms with Crippen LogP contribution in [0.3, 0.4) is 0 Å². The lowest BCUT2D eigenvalue weighted by molar-refractivity contribution is 0.413. The summed E-state index contributed by atoms with van der Waals surface area (Å²) in [5, 5.41) is 8.22. The van der Waals surface area contributed by atoms with Gasteiger partial charge in [0.05, 0.1) is 7.11 Å². The first-order chi connectivity index (χ1) is 8.76. The highest BCUT2D eigenvalue weighted by Gasteiger charge is 2.09. The van der Waals surface area contributed by atoms with Gasteiger partial charge in [0.25, 0.3) is 0 Å². The average molecular weight is 299 g/mol. The standard InChI is InChI=1S/C11H13N3OS3/c1-15-8-4-3-7(6-12)9(5-8)17-11-14-13-10(16-2)18-11/h3-5H,6,12H2,1-2H3. The van der Waals surface area contributed by atoms with Crippen molar-refractivity contribution in [2.24, 2.45) is 5.73 Å². The summed E-state index contributed by atoms with van der Waals surface area (Å²) in [4.78, 5) is 1.07. The van der Waals surface area contributed by atoms with E-state index in [0.717, 1.165) is 24.9 Å². The molecular formula is C11H13N3OS3. The highest BCUT2D eigenvalue weighted by atomic mass is 32.2. The average Bonchev–Trinajstić information content (AvgIpc) is 2.86.